The molecule has 1 heterocycles. The average Bonchev–Trinajstić information content (AvgIpc) is 3.74. The Bertz CT molecular complexity index is 1420. The molecule has 0 N–H and O–H groups in total. The van der Waals surface area contributed by atoms with Gasteiger partial charge < -0.3 is 4.57 Å². The van der Waals surface area contributed by atoms with Crippen LogP contribution in [0, 0.1) is 0 Å². The van der Waals surface area contributed by atoms with Gasteiger partial charge in [0, 0.05) is 18.6 Å². The Morgan fingerprint density at radius 1 is 0.757 bits per heavy atom. The van der Waals surface area contributed by atoms with Gasteiger partial charge in [-0.15, -0.1) is 0 Å². The van der Waals surface area contributed by atoms with Crippen molar-refractivity contribution in [2.45, 2.75) is 24.6 Å². The molecule has 0 aliphatic heterocycles. The lowest BCUT2D eigenvalue weighted by Gasteiger charge is -2.34. The van der Waals surface area contributed by atoms with Crippen LogP contribution in [0.5, 0.6) is 0 Å². The van der Waals surface area contributed by atoms with Crippen LogP contribution in [-0.2, 0) is 6.17 Å². The molecule has 6 rings (SSSR count). The molecule has 37 heavy (non-hydrogen) atoms. The Hall–Kier alpha value is -3.89. The maximum atomic E-state index is 4.92. The van der Waals surface area contributed by atoms with Crippen LogP contribution < -0.4 is 16.1 Å². The molecule has 5 aromatic rings. The van der Waals surface area contributed by atoms with Crippen molar-refractivity contribution in [2.75, 3.05) is 0 Å². The van der Waals surface area contributed by atoms with E-state index in [4.69, 9.17) is 4.98 Å². The van der Waals surface area contributed by atoms with E-state index in [2.05, 4.69) is 138 Å². The summed E-state index contributed by atoms with van der Waals surface area (Å²) in [5.41, 5.74) is 5.65. The number of nitrogens with zero attached hydrogens (tertiary/aromatic N) is 2. The molecule has 1 aromatic heterocycles. The molecule has 0 atom stereocenters. The lowest BCUT2D eigenvalue weighted by Crippen LogP contribution is -2.63. The maximum Gasteiger partial charge on any atom is 0.239 e. The molecule has 0 radical (unpaired) electrons. The van der Waals surface area contributed by atoms with E-state index in [1.165, 1.54) is 39.8 Å². The molecule has 0 amide bonds. The standard InChI is InChI=1S/C33H31BN2Si/c1-5-13-27(14-6-1)25-32(28-15-7-2-8-16-28)34-33-35-23-24-36(33)26-37(31-21-22-31,29-17-9-3-10-18-29)30-19-11-4-12-20-30/h1-20,23-25,31,34H,21-22,26H2. The number of benzene rings is 4. The van der Waals surface area contributed by atoms with E-state index in [-0.39, 0.29) is 0 Å². The van der Waals surface area contributed by atoms with Gasteiger partial charge in [0.05, 0.1) is 5.72 Å². The van der Waals surface area contributed by atoms with Crippen LogP contribution in [-0.4, -0.2) is 24.9 Å². The molecule has 1 aliphatic carbocycles. The zero-order valence-electron chi connectivity index (χ0n) is 21.1. The highest BCUT2D eigenvalue weighted by molar-refractivity contribution is 7.03. The summed E-state index contributed by atoms with van der Waals surface area (Å²) in [6, 6.07) is 44.0. The van der Waals surface area contributed by atoms with Crippen molar-refractivity contribution in [1.29, 1.82) is 0 Å². The van der Waals surface area contributed by atoms with Crippen LogP contribution in [0.3, 0.4) is 0 Å². The van der Waals surface area contributed by atoms with Crippen molar-refractivity contribution < 1.29 is 0 Å². The first-order valence-electron chi connectivity index (χ1n) is 13.2. The quantitative estimate of drug-likeness (QED) is 0.206. The summed E-state index contributed by atoms with van der Waals surface area (Å²) in [4.78, 5) is 4.92. The Morgan fingerprint density at radius 2 is 1.30 bits per heavy atom. The van der Waals surface area contributed by atoms with Crippen molar-refractivity contribution in [1.82, 2.24) is 9.55 Å². The van der Waals surface area contributed by atoms with Gasteiger partial charge in [-0.3, -0.25) is 4.98 Å². The second kappa shape index (κ2) is 10.6. The molecule has 1 aliphatic rings. The summed E-state index contributed by atoms with van der Waals surface area (Å²) >= 11 is 0. The summed E-state index contributed by atoms with van der Waals surface area (Å²) in [6.45, 7) is 0. The molecular formula is C33H31BN2Si. The Kier molecular flexibility index (Phi) is 6.74. The van der Waals surface area contributed by atoms with Crippen LogP contribution in [0.1, 0.15) is 24.0 Å². The fourth-order valence-electron chi connectivity index (χ4n) is 5.73. The van der Waals surface area contributed by atoms with E-state index in [1.807, 2.05) is 6.20 Å². The van der Waals surface area contributed by atoms with Gasteiger partial charge in [-0.05, 0) is 16.7 Å². The van der Waals surface area contributed by atoms with Crippen molar-refractivity contribution >= 4 is 43.0 Å². The van der Waals surface area contributed by atoms with E-state index in [0.717, 1.165) is 24.7 Å². The summed E-state index contributed by atoms with van der Waals surface area (Å²) in [5.74, 6) is 0. The zero-order valence-corrected chi connectivity index (χ0v) is 22.1. The molecule has 4 aromatic carbocycles. The minimum atomic E-state index is -2.05. The molecular weight excluding hydrogens is 463 g/mol. The predicted octanol–water partition coefficient (Wildman–Crippen LogP) is 5.11. The Balaban J connectivity index is 1.41. The maximum absolute atomic E-state index is 4.92. The second-order valence-corrected chi connectivity index (χ2v) is 14.3. The van der Waals surface area contributed by atoms with Crippen LogP contribution in [0.25, 0.3) is 11.5 Å². The van der Waals surface area contributed by atoms with Gasteiger partial charge in [-0.1, -0.05) is 156 Å². The van der Waals surface area contributed by atoms with E-state index in [9.17, 15) is 0 Å². The van der Waals surface area contributed by atoms with E-state index in [1.54, 1.807) is 0 Å². The Morgan fingerprint density at radius 3 is 1.86 bits per heavy atom. The summed E-state index contributed by atoms with van der Waals surface area (Å²) in [5, 5.41) is 3.07. The van der Waals surface area contributed by atoms with Gasteiger partial charge >= 0.3 is 0 Å². The monoisotopic (exact) mass is 494 g/mol. The van der Waals surface area contributed by atoms with Crippen LogP contribution in [0.4, 0.5) is 0 Å². The molecule has 0 spiro atoms. The number of rotatable bonds is 9. The summed E-state index contributed by atoms with van der Waals surface area (Å²) in [6.07, 6.45) is 10.2. The SMILES string of the molecule is B(C(=Cc1ccccc1)c1ccccc1)c1nccn1C[Si](c1ccccc1)(c1ccccc1)C1CC1. The van der Waals surface area contributed by atoms with Gasteiger partial charge in [0.25, 0.3) is 0 Å². The van der Waals surface area contributed by atoms with Gasteiger partial charge in [0.15, 0.2) is 0 Å². The third kappa shape index (κ3) is 5.03. The third-order valence-corrected chi connectivity index (χ3v) is 13.2. The lowest BCUT2D eigenvalue weighted by molar-refractivity contribution is 0.879. The van der Waals surface area contributed by atoms with Crippen molar-refractivity contribution in [3.63, 3.8) is 0 Å². The highest BCUT2D eigenvalue weighted by Gasteiger charge is 2.50. The van der Waals surface area contributed by atoms with Crippen LogP contribution in [0.2, 0.25) is 5.54 Å². The second-order valence-electron chi connectivity index (χ2n) is 10.1. The highest BCUT2D eigenvalue weighted by atomic mass is 28.3. The van der Waals surface area contributed by atoms with Crippen LogP contribution in [0.15, 0.2) is 134 Å². The molecule has 4 heteroatoms. The molecule has 0 saturated heterocycles. The minimum Gasteiger partial charge on any atom is -0.345 e. The first-order chi connectivity index (χ1) is 18.3. The largest absolute Gasteiger partial charge is 0.345 e. The normalized spacial score (nSPS) is 13.9. The van der Waals surface area contributed by atoms with E-state index in [0.29, 0.717) is 0 Å². The fraction of sp³-hybridized carbons (Fsp3) is 0.121. The zero-order chi connectivity index (χ0) is 24.9. The fourth-order valence-corrected chi connectivity index (χ4v) is 11.2. The summed E-state index contributed by atoms with van der Waals surface area (Å²) < 4.78 is 2.46. The van der Waals surface area contributed by atoms with Crippen LogP contribution >= 0.6 is 0 Å². The molecule has 0 bridgehead atoms. The van der Waals surface area contributed by atoms with Crippen molar-refractivity contribution in [3.05, 3.63) is 145 Å². The predicted molar refractivity (Wildman–Crippen MR) is 161 cm³/mol. The molecule has 1 fully saturated rings. The minimum absolute atomic E-state index is 0.765. The third-order valence-electron chi connectivity index (χ3n) is 7.71. The van der Waals surface area contributed by atoms with Gasteiger partial charge in [-0.25, -0.2) is 0 Å². The highest BCUT2D eigenvalue weighted by Crippen LogP contribution is 2.45. The molecule has 180 valence electrons. The number of hydrogen-bond donors (Lipinski definition) is 0. The molecule has 0 unspecified atom stereocenters. The summed E-state index contributed by atoms with van der Waals surface area (Å²) in [7, 11) is -1.25. The topological polar surface area (TPSA) is 17.8 Å². The number of hydrogen-bond acceptors (Lipinski definition) is 1. The smallest absolute Gasteiger partial charge is 0.239 e. The van der Waals surface area contributed by atoms with Crippen molar-refractivity contribution in [3.8, 4) is 0 Å². The van der Waals surface area contributed by atoms with Crippen molar-refractivity contribution in [2.24, 2.45) is 0 Å². The van der Waals surface area contributed by atoms with Gasteiger partial charge in [0.2, 0.25) is 7.28 Å². The molecule has 2 nitrogen and oxygen atoms in total. The molecule has 1 saturated carbocycles. The number of imidazole rings is 1. The first-order valence-corrected chi connectivity index (χ1v) is 15.5. The Labute approximate surface area is 221 Å². The average molecular weight is 495 g/mol. The number of aromatic nitrogens is 2. The van der Waals surface area contributed by atoms with Gasteiger partial charge in [-0.2, -0.15) is 0 Å². The lowest BCUT2D eigenvalue weighted by atomic mass is 9.65. The van der Waals surface area contributed by atoms with E-state index >= 15 is 0 Å². The van der Waals surface area contributed by atoms with E-state index < -0.39 is 8.07 Å². The first kappa shape index (κ1) is 23.5. The van der Waals surface area contributed by atoms with Gasteiger partial charge in [0.1, 0.15) is 8.07 Å².